The van der Waals surface area contributed by atoms with Crippen LogP contribution in [0.15, 0.2) is 47.4 Å². The fourth-order valence-corrected chi connectivity index (χ4v) is 3.88. The Morgan fingerprint density at radius 3 is 2.15 bits per heavy atom. The Morgan fingerprint density at radius 1 is 1.00 bits per heavy atom. The Bertz CT molecular complexity index is 904. The first-order chi connectivity index (χ1) is 12.7. The number of sulfonamides is 1. The molecule has 0 radical (unpaired) electrons. The van der Waals surface area contributed by atoms with Crippen molar-refractivity contribution in [3.05, 3.63) is 64.7 Å². The van der Waals surface area contributed by atoms with Crippen LogP contribution in [-0.2, 0) is 10.0 Å². The van der Waals surface area contributed by atoms with E-state index in [4.69, 9.17) is 0 Å². The summed E-state index contributed by atoms with van der Waals surface area (Å²) < 4.78 is 26.9. The van der Waals surface area contributed by atoms with Gasteiger partial charge in [0.15, 0.2) is 0 Å². The van der Waals surface area contributed by atoms with Crippen molar-refractivity contribution in [1.29, 1.82) is 0 Å². The number of benzene rings is 2. The Balaban J connectivity index is 2.22. The van der Waals surface area contributed by atoms with Gasteiger partial charge >= 0.3 is 0 Å². The molecule has 0 spiro atoms. The van der Waals surface area contributed by atoms with Crippen LogP contribution in [0, 0.1) is 6.92 Å². The van der Waals surface area contributed by atoms with Crippen LogP contribution in [0.5, 0.6) is 0 Å². The van der Waals surface area contributed by atoms with E-state index in [9.17, 15) is 13.2 Å². The Hall–Kier alpha value is -2.18. The molecule has 2 rings (SSSR count). The van der Waals surface area contributed by atoms with Crippen LogP contribution >= 0.6 is 0 Å². The first kappa shape index (κ1) is 21.1. The summed E-state index contributed by atoms with van der Waals surface area (Å²) in [6.45, 7) is 9.99. The summed E-state index contributed by atoms with van der Waals surface area (Å²) in [7, 11) is -3.61. The number of rotatable bonds is 7. The van der Waals surface area contributed by atoms with Gasteiger partial charge in [0, 0.05) is 12.1 Å². The van der Waals surface area contributed by atoms with Gasteiger partial charge in [0.05, 0.1) is 10.9 Å². The first-order valence-corrected chi connectivity index (χ1v) is 10.6. The lowest BCUT2D eigenvalue weighted by Gasteiger charge is -2.17. The highest BCUT2D eigenvalue weighted by Crippen LogP contribution is 2.20. The molecule has 6 heteroatoms. The van der Waals surface area contributed by atoms with Crippen molar-refractivity contribution in [2.45, 2.75) is 51.5 Å². The molecule has 0 aliphatic rings. The molecule has 0 saturated heterocycles. The van der Waals surface area contributed by atoms with E-state index in [1.807, 2.05) is 19.1 Å². The highest BCUT2D eigenvalue weighted by Gasteiger charge is 2.18. The maximum atomic E-state index is 12.7. The zero-order chi connectivity index (χ0) is 20.2. The van der Waals surface area contributed by atoms with E-state index in [1.165, 1.54) is 17.7 Å². The number of aryl methyl sites for hydroxylation is 1. The second-order valence-corrected chi connectivity index (χ2v) is 8.76. The fraction of sp³-hybridized carbons (Fsp3) is 0.381. The van der Waals surface area contributed by atoms with Crippen LogP contribution in [0.3, 0.4) is 0 Å². The zero-order valence-corrected chi connectivity index (χ0v) is 17.4. The largest absolute Gasteiger partial charge is 0.346 e. The number of hydrogen-bond donors (Lipinski definition) is 2. The number of amides is 1. The van der Waals surface area contributed by atoms with Gasteiger partial charge in [-0.2, -0.15) is 0 Å². The van der Waals surface area contributed by atoms with E-state index in [-0.39, 0.29) is 16.8 Å². The molecule has 0 aliphatic carbocycles. The molecule has 0 aliphatic heterocycles. The van der Waals surface area contributed by atoms with E-state index in [0.717, 1.165) is 11.1 Å². The van der Waals surface area contributed by atoms with Gasteiger partial charge < -0.3 is 5.32 Å². The van der Waals surface area contributed by atoms with Crippen molar-refractivity contribution >= 4 is 15.9 Å². The average Bonchev–Trinajstić information content (AvgIpc) is 2.61. The normalized spacial score (nSPS) is 12.8. The Kier molecular flexibility index (Phi) is 6.78. The van der Waals surface area contributed by atoms with Crippen LogP contribution in [0.2, 0.25) is 0 Å². The zero-order valence-electron chi connectivity index (χ0n) is 16.5. The molecule has 5 nitrogen and oxygen atoms in total. The van der Waals surface area contributed by atoms with Gasteiger partial charge in [-0.25, -0.2) is 13.1 Å². The van der Waals surface area contributed by atoms with Crippen LogP contribution in [-0.4, -0.2) is 20.9 Å². The van der Waals surface area contributed by atoms with Gasteiger partial charge in [0.2, 0.25) is 10.0 Å². The van der Waals surface area contributed by atoms with Crippen molar-refractivity contribution in [3.63, 3.8) is 0 Å². The summed E-state index contributed by atoms with van der Waals surface area (Å²) in [4.78, 5) is 12.8. The number of carbonyl (C=O) groups excluding carboxylic acids is 1. The molecule has 27 heavy (non-hydrogen) atoms. The lowest BCUT2D eigenvalue weighted by atomic mass is 9.99. The molecule has 1 unspecified atom stereocenters. The van der Waals surface area contributed by atoms with E-state index >= 15 is 0 Å². The van der Waals surface area contributed by atoms with E-state index in [2.05, 4.69) is 36.0 Å². The monoisotopic (exact) mass is 388 g/mol. The molecule has 2 aromatic rings. The summed E-state index contributed by atoms with van der Waals surface area (Å²) in [6.07, 6.45) is 0. The van der Waals surface area contributed by atoms with Gasteiger partial charge in [-0.3, -0.25) is 4.79 Å². The summed E-state index contributed by atoms with van der Waals surface area (Å²) in [6, 6.07) is 12.6. The molecular formula is C21H28N2O3S. The third kappa shape index (κ3) is 5.17. The smallest absolute Gasteiger partial charge is 0.252 e. The molecule has 1 atom stereocenters. The van der Waals surface area contributed by atoms with Crippen LogP contribution < -0.4 is 10.0 Å². The van der Waals surface area contributed by atoms with Crippen molar-refractivity contribution < 1.29 is 13.2 Å². The molecule has 1 amide bonds. The van der Waals surface area contributed by atoms with Crippen molar-refractivity contribution in [3.8, 4) is 0 Å². The highest BCUT2D eigenvalue weighted by molar-refractivity contribution is 7.89. The maximum Gasteiger partial charge on any atom is 0.252 e. The third-order valence-corrected chi connectivity index (χ3v) is 6.09. The minimum absolute atomic E-state index is 0.0917. The van der Waals surface area contributed by atoms with Crippen molar-refractivity contribution in [2.75, 3.05) is 6.54 Å². The minimum Gasteiger partial charge on any atom is -0.346 e. The fourth-order valence-electron chi connectivity index (χ4n) is 2.81. The average molecular weight is 389 g/mol. The SMILES string of the molecule is CCNS(=O)(=O)c1ccc(C)c(C(=O)NC(C)c2ccc(C(C)C)cc2)c1. The topological polar surface area (TPSA) is 75.3 Å². The van der Waals surface area contributed by atoms with Gasteiger partial charge in [-0.15, -0.1) is 0 Å². The second-order valence-electron chi connectivity index (χ2n) is 6.99. The lowest BCUT2D eigenvalue weighted by Crippen LogP contribution is -2.28. The highest BCUT2D eigenvalue weighted by atomic mass is 32.2. The van der Waals surface area contributed by atoms with Crippen LogP contribution in [0.4, 0.5) is 0 Å². The molecule has 0 heterocycles. The molecule has 0 bridgehead atoms. The Morgan fingerprint density at radius 2 is 1.59 bits per heavy atom. The predicted molar refractivity (Wildman–Crippen MR) is 108 cm³/mol. The maximum absolute atomic E-state index is 12.7. The van der Waals surface area contributed by atoms with E-state index in [1.54, 1.807) is 19.9 Å². The number of hydrogen-bond acceptors (Lipinski definition) is 3. The Labute approximate surface area is 162 Å². The molecular weight excluding hydrogens is 360 g/mol. The molecule has 146 valence electrons. The summed E-state index contributed by atoms with van der Waals surface area (Å²) in [5, 5.41) is 2.96. The van der Waals surface area contributed by atoms with Gasteiger partial charge in [-0.05, 0) is 48.6 Å². The van der Waals surface area contributed by atoms with E-state index in [0.29, 0.717) is 18.0 Å². The standard InChI is InChI=1S/C21H28N2O3S/c1-6-22-27(25,26)19-12-7-15(4)20(13-19)21(24)23-16(5)18-10-8-17(9-11-18)14(2)3/h7-14,16,22H,6H2,1-5H3,(H,23,24). The summed E-state index contributed by atoms with van der Waals surface area (Å²) in [5.41, 5.74) is 3.33. The molecule has 0 saturated carbocycles. The van der Waals surface area contributed by atoms with Crippen LogP contribution in [0.25, 0.3) is 0 Å². The second kappa shape index (κ2) is 8.67. The van der Waals surface area contributed by atoms with E-state index < -0.39 is 10.0 Å². The predicted octanol–water partition coefficient (Wildman–Crippen LogP) is 3.91. The number of nitrogens with one attached hydrogen (secondary N) is 2. The quantitative estimate of drug-likeness (QED) is 0.755. The lowest BCUT2D eigenvalue weighted by molar-refractivity contribution is 0.0939. The first-order valence-electron chi connectivity index (χ1n) is 9.16. The minimum atomic E-state index is -3.61. The molecule has 0 aromatic heterocycles. The molecule has 2 N–H and O–H groups in total. The summed E-state index contributed by atoms with van der Waals surface area (Å²) in [5.74, 6) is 0.162. The van der Waals surface area contributed by atoms with Crippen molar-refractivity contribution in [2.24, 2.45) is 0 Å². The van der Waals surface area contributed by atoms with Gasteiger partial charge in [-0.1, -0.05) is 51.1 Å². The third-order valence-electron chi connectivity index (χ3n) is 4.55. The number of carbonyl (C=O) groups is 1. The summed E-state index contributed by atoms with van der Waals surface area (Å²) >= 11 is 0. The molecule has 2 aromatic carbocycles. The van der Waals surface area contributed by atoms with Crippen molar-refractivity contribution in [1.82, 2.24) is 10.0 Å². The van der Waals surface area contributed by atoms with Gasteiger partial charge in [0.25, 0.3) is 5.91 Å². The van der Waals surface area contributed by atoms with Gasteiger partial charge in [0.1, 0.15) is 0 Å². The van der Waals surface area contributed by atoms with Crippen LogP contribution in [0.1, 0.15) is 66.7 Å². The molecule has 0 fully saturated rings.